The van der Waals surface area contributed by atoms with Gasteiger partial charge in [-0.1, -0.05) is 24.4 Å². The molecule has 96 valence electrons. The van der Waals surface area contributed by atoms with Crippen molar-refractivity contribution in [2.75, 3.05) is 13.6 Å². The van der Waals surface area contributed by atoms with Crippen LogP contribution in [0.2, 0.25) is 4.34 Å². The third-order valence-electron chi connectivity index (χ3n) is 4.10. The summed E-state index contributed by atoms with van der Waals surface area (Å²) in [7, 11) is 2.06. The monoisotopic (exact) mass is 271 g/mol. The molecular formula is C14H22ClNS. The predicted octanol–water partition coefficient (Wildman–Crippen LogP) is 4.50. The Morgan fingerprint density at radius 2 is 2.06 bits per heavy atom. The quantitative estimate of drug-likeness (QED) is 0.803. The van der Waals surface area contributed by atoms with E-state index < -0.39 is 0 Å². The normalized spacial score (nSPS) is 18.7. The summed E-state index contributed by atoms with van der Waals surface area (Å²) in [5.41, 5.74) is 0.611. The molecule has 0 bridgehead atoms. The Hall–Kier alpha value is -0.0500. The maximum atomic E-state index is 5.98. The highest BCUT2D eigenvalue weighted by Gasteiger charge is 2.32. The van der Waals surface area contributed by atoms with Gasteiger partial charge in [0, 0.05) is 4.88 Å². The molecule has 1 fully saturated rings. The van der Waals surface area contributed by atoms with Crippen LogP contribution in [0.3, 0.4) is 0 Å². The van der Waals surface area contributed by atoms with Gasteiger partial charge in [-0.15, -0.1) is 11.3 Å². The van der Waals surface area contributed by atoms with Crippen molar-refractivity contribution in [3.05, 3.63) is 21.3 Å². The topological polar surface area (TPSA) is 12.0 Å². The van der Waals surface area contributed by atoms with E-state index in [0.717, 1.165) is 10.9 Å². The third-order valence-corrected chi connectivity index (χ3v) is 5.39. The Balaban J connectivity index is 1.89. The van der Waals surface area contributed by atoms with Gasteiger partial charge in [0.1, 0.15) is 0 Å². The van der Waals surface area contributed by atoms with E-state index in [2.05, 4.69) is 18.4 Å². The van der Waals surface area contributed by atoms with E-state index in [9.17, 15) is 0 Å². The third kappa shape index (κ3) is 3.70. The number of hydrogen-bond donors (Lipinski definition) is 1. The molecule has 1 saturated carbocycles. The lowest BCUT2D eigenvalue weighted by molar-refractivity contribution is 0.248. The summed E-state index contributed by atoms with van der Waals surface area (Å²) in [5.74, 6) is 0. The van der Waals surface area contributed by atoms with Crippen LogP contribution in [-0.2, 0) is 6.42 Å². The number of halogens is 1. The van der Waals surface area contributed by atoms with E-state index in [0.29, 0.717) is 5.41 Å². The zero-order chi connectivity index (χ0) is 12.1. The maximum absolute atomic E-state index is 5.98. The van der Waals surface area contributed by atoms with Crippen molar-refractivity contribution in [2.24, 2.45) is 5.41 Å². The zero-order valence-electron chi connectivity index (χ0n) is 10.6. The fraction of sp³-hybridized carbons (Fsp3) is 0.714. The summed E-state index contributed by atoms with van der Waals surface area (Å²) in [6, 6.07) is 4.21. The molecule has 17 heavy (non-hydrogen) atoms. The van der Waals surface area contributed by atoms with Crippen LogP contribution >= 0.6 is 22.9 Å². The van der Waals surface area contributed by atoms with Crippen molar-refractivity contribution < 1.29 is 0 Å². The summed E-state index contributed by atoms with van der Waals surface area (Å²) < 4.78 is 0.927. The van der Waals surface area contributed by atoms with E-state index in [1.54, 1.807) is 11.3 Å². The molecule has 0 aromatic carbocycles. The van der Waals surface area contributed by atoms with Crippen LogP contribution in [0.1, 0.15) is 43.4 Å². The van der Waals surface area contributed by atoms with Crippen LogP contribution < -0.4 is 5.32 Å². The molecule has 3 heteroatoms. The van der Waals surface area contributed by atoms with Gasteiger partial charge in [0.15, 0.2) is 0 Å². The first kappa shape index (κ1) is 13.4. The molecule has 1 aliphatic carbocycles. The maximum Gasteiger partial charge on any atom is 0.0931 e. The van der Waals surface area contributed by atoms with Gasteiger partial charge in [0.25, 0.3) is 0 Å². The highest BCUT2D eigenvalue weighted by atomic mass is 35.5. The van der Waals surface area contributed by atoms with Crippen molar-refractivity contribution >= 4 is 22.9 Å². The molecule has 2 rings (SSSR count). The lowest BCUT2D eigenvalue weighted by Crippen LogP contribution is -2.23. The molecular weight excluding hydrogens is 250 g/mol. The number of hydrogen-bond acceptors (Lipinski definition) is 2. The van der Waals surface area contributed by atoms with Crippen LogP contribution in [-0.4, -0.2) is 13.6 Å². The van der Waals surface area contributed by atoms with Gasteiger partial charge in [-0.05, 0) is 63.2 Å². The molecule has 0 aliphatic heterocycles. The summed E-state index contributed by atoms with van der Waals surface area (Å²) >= 11 is 7.73. The first-order chi connectivity index (χ1) is 8.24. The van der Waals surface area contributed by atoms with Gasteiger partial charge in [-0.25, -0.2) is 0 Å². The highest BCUT2D eigenvalue weighted by Crippen LogP contribution is 2.44. The van der Waals surface area contributed by atoms with Crippen LogP contribution in [0, 0.1) is 5.41 Å². The van der Waals surface area contributed by atoms with E-state index in [1.807, 2.05) is 6.07 Å². The summed E-state index contributed by atoms with van der Waals surface area (Å²) in [6.07, 6.45) is 9.58. The average Bonchev–Trinajstić information content (AvgIpc) is 2.94. The van der Waals surface area contributed by atoms with Crippen LogP contribution in [0.25, 0.3) is 0 Å². The molecule has 0 atom stereocenters. The minimum absolute atomic E-state index is 0.611. The Morgan fingerprint density at radius 3 is 2.65 bits per heavy atom. The van der Waals surface area contributed by atoms with Gasteiger partial charge < -0.3 is 5.32 Å². The lowest BCUT2D eigenvalue weighted by atomic mass is 9.78. The Morgan fingerprint density at radius 1 is 1.29 bits per heavy atom. The minimum atomic E-state index is 0.611. The van der Waals surface area contributed by atoms with Crippen LogP contribution in [0.4, 0.5) is 0 Å². The molecule has 1 heterocycles. The highest BCUT2D eigenvalue weighted by molar-refractivity contribution is 7.16. The molecule has 0 spiro atoms. The summed E-state index contributed by atoms with van der Waals surface area (Å²) in [6.45, 7) is 1.16. The Bertz CT molecular complexity index is 342. The van der Waals surface area contributed by atoms with Crippen molar-refractivity contribution in [3.8, 4) is 0 Å². The lowest BCUT2D eigenvalue weighted by Gasteiger charge is -2.29. The second-order valence-electron chi connectivity index (χ2n) is 5.27. The zero-order valence-corrected chi connectivity index (χ0v) is 12.2. The SMILES string of the molecule is CNCCC1(CCc2ccc(Cl)s2)CCCC1. The van der Waals surface area contributed by atoms with Crippen molar-refractivity contribution in [2.45, 2.75) is 44.9 Å². The van der Waals surface area contributed by atoms with Gasteiger partial charge in [-0.2, -0.15) is 0 Å². The van der Waals surface area contributed by atoms with E-state index in [-0.39, 0.29) is 0 Å². The molecule has 1 aliphatic rings. The second kappa shape index (κ2) is 6.21. The predicted molar refractivity (Wildman–Crippen MR) is 77.1 cm³/mol. The molecule has 0 amide bonds. The van der Waals surface area contributed by atoms with Crippen LogP contribution in [0.15, 0.2) is 12.1 Å². The fourth-order valence-corrected chi connectivity index (χ4v) is 4.10. The molecule has 0 saturated heterocycles. The van der Waals surface area contributed by atoms with E-state index in [4.69, 9.17) is 11.6 Å². The molecule has 1 nitrogen and oxygen atoms in total. The minimum Gasteiger partial charge on any atom is -0.320 e. The van der Waals surface area contributed by atoms with E-state index >= 15 is 0 Å². The summed E-state index contributed by atoms with van der Waals surface area (Å²) in [4.78, 5) is 1.45. The van der Waals surface area contributed by atoms with Gasteiger partial charge >= 0.3 is 0 Å². The standard InChI is InChI=1S/C14H22ClNS/c1-16-11-10-14(7-2-3-8-14)9-6-12-4-5-13(15)17-12/h4-5,16H,2-3,6-11H2,1H3. The molecule has 0 radical (unpaired) electrons. The first-order valence-electron chi connectivity index (χ1n) is 6.63. The number of aryl methyl sites for hydroxylation is 1. The van der Waals surface area contributed by atoms with Crippen molar-refractivity contribution in [1.82, 2.24) is 5.32 Å². The molecule has 0 unspecified atom stereocenters. The van der Waals surface area contributed by atoms with Crippen molar-refractivity contribution in [1.29, 1.82) is 0 Å². The van der Waals surface area contributed by atoms with E-state index in [1.165, 1.54) is 49.8 Å². The Kier molecular flexibility index (Phi) is 4.89. The molecule has 1 aromatic heterocycles. The van der Waals surface area contributed by atoms with Crippen LogP contribution in [0.5, 0.6) is 0 Å². The molecule has 1 aromatic rings. The van der Waals surface area contributed by atoms with Gasteiger partial charge in [0.05, 0.1) is 4.34 Å². The summed E-state index contributed by atoms with van der Waals surface area (Å²) in [5, 5.41) is 3.30. The number of rotatable bonds is 6. The van der Waals surface area contributed by atoms with Gasteiger partial charge in [0.2, 0.25) is 0 Å². The van der Waals surface area contributed by atoms with Crippen molar-refractivity contribution in [3.63, 3.8) is 0 Å². The second-order valence-corrected chi connectivity index (χ2v) is 7.07. The first-order valence-corrected chi connectivity index (χ1v) is 7.82. The number of nitrogens with one attached hydrogen (secondary N) is 1. The largest absolute Gasteiger partial charge is 0.320 e. The smallest absolute Gasteiger partial charge is 0.0931 e. The number of thiophene rings is 1. The Labute approximate surface area is 114 Å². The van der Waals surface area contributed by atoms with Gasteiger partial charge in [-0.3, -0.25) is 0 Å². The average molecular weight is 272 g/mol. The fourth-order valence-electron chi connectivity index (χ4n) is 3.01. The molecule has 1 N–H and O–H groups in total.